The minimum absolute atomic E-state index is 0.298. The molecule has 0 bridgehead atoms. The SMILES string of the molecule is CCOc1c(Br)cc(C(=O)Nc2cccnc2-n2cccn2)cc1OC. The van der Waals surface area contributed by atoms with Gasteiger partial charge < -0.3 is 14.8 Å². The zero-order chi connectivity index (χ0) is 18.5. The molecule has 0 saturated carbocycles. The molecular weight excluding hydrogens is 400 g/mol. The minimum Gasteiger partial charge on any atom is -0.493 e. The molecule has 0 unspecified atom stereocenters. The van der Waals surface area contributed by atoms with E-state index in [1.54, 1.807) is 53.6 Å². The summed E-state index contributed by atoms with van der Waals surface area (Å²) >= 11 is 3.43. The van der Waals surface area contributed by atoms with Crippen LogP contribution >= 0.6 is 15.9 Å². The number of ether oxygens (including phenoxy) is 2. The van der Waals surface area contributed by atoms with Gasteiger partial charge in [0, 0.05) is 24.2 Å². The zero-order valence-corrected chi connectivity index (χ0v) is 15.9. The third kappa shape index (κ3) is 3.70. The van der Waals surface area contributed by atoms with Crippen LogP contribution in [-0.4, -0.2) is 34.4 Å². The Morgan fingerprint density at radius 1 is 1.31 bits per heavy atom. The average molecular weight is 417 g/mol. The lowest BCUT2D eigenvalue weighted by Crippen LogP contribution is -2.15. The number of methoxy groups -OCH3 is 1. The number of aromatic nitrogens is 3. The van der Waals surface area contributed by atoms with Crippen LogP contribution in [0.4, 0.5) is 5.69 Å². The number of benzene rings is 1. The van der Waals surface area contributed by atoms with Crippen LogP contribution in [0.25, 0.3) is 5.82 Å². The van der Waals surface area contributed by atoms with Crippen LogP contribution in [0.5, 0.6) is 11.5 Å². The summed E-state index contributed by atoms with van der Waals surface area (Å²) in [5.74, 6) is 1.27. The highest BCUT2D eigenvalue weighted by Gasteiger charge is 2.17. The van der Waals surface area contributed by atoms with Crippen molar-refractivity contribution in [2.75, 3.05) is 19.0 Å². The van der Waals surface area contributed by atoms with Crippen molar-refractivity contribution in [1.82, 2.24) is 14.8 Å². The van der Waals surface area contributed by atoms with Crippen LogP contribution < -0.4 is 14.8 Å². The number of pyridine rings is 1. The van der Waals surface area contributed by atoms with Gasteiger partial charge in [0.05, 0.1) is 23.9 Å². The van der Waals surface area contributed by atoms with Crippen LogP contribution in [0, 0.1) is 0 Å². The molecule has 0 radical (unpaired) electrons. The zero-order valence-electron chi connectivity index (χ0n) is 14.3. The number of hydrogen-bond acceptors (Lipinski definition) is 5. The number of rotatable bonds is 6. The predicted molar refractivity (Wildman–Crippen MR) is 101 cm³/mol. The van der Waals surface area contributed by atoms with E-state index in [1.165, 1.54) is 7.11 Å². The number of carbonyl (C=O) groups is 1. The molecule has 134 valence electrons. The first-order valence-corrected chi connectivity index (χ1v) is 8.70. The van der Waals surface area contributed by atoms with Gasteiger partial charge >= 0.3 is 0 Å². The van der Waals surface area contributed by atoms with Crippen LogP contribution in [0.15, 0.2) is 53.4 Å². The Morgan fingerprint density at radius 2 is 2.15 bits per heavy atom. The Balaban J connectivity index is 1.91. The highest BCUT2D eigenvalue weighted by Crippen LogP contribution is 2.36. The van der Waals surface area contributed by atoms with Gasteiger partial charge in [-0.25, -0.2) is 9.67 Å². The molecule has 1 amide bonds. The van der Waals surface area contributed by atoms with Gasteiger partial charge in [-0.1, -0.05) is 0 Å². The fourth-order valence-electron chi connectivity index (χ4n) is 2.40. The first kappa shape index (κ1) is 17.9. The van der Waals surface area contributed by atoms with Gasteiger partial charge in [0.25, 0.3) is 5.91 Å². The van der Waals surface area contributed by atoms with Gasteiger partial charge in [0.1, 0.15) is 0 Å². The van der Waals surface area contributed by atoms with Gasteiger partial charge in [-0.05, 0) is 53.2 Å². The number of nitrogens with one attached hydrogen (secondary N) is 1. The maximum atomic E-state index is 12.7. The summed E-state index contributed by atoms with van der Waals surface area (Å²) < 4.78 is 13.1. The van der Waals surface area contributed by atoms with Crippen molar-refractivity contribution in [3.05, 3.63) is 59.0 Å². The fraction of sp³-hybridized carbons (Fsp3) is 0.167. The van der Waals surface area contributed by atoms with Crippen LogP contribution in [0.2, 0.25) is 0 Å². The monoisotopic (exact) mass is 416 g/mol. The van der Waals surface area contributed by atoms with Gasteiger partial charge in [0.15, 0.2) is 17.3 Å². The van der Waals surface area contributed by atoms with E-state index in [9.17, 15) is 4.79 Å². The summed E-state index contributed by atoms with van der Waals surface area (Å²) in [5.41, 5.74) is 0.970. The number of nitrogens with zero attached hydrogens (tertiary/aromatic N) is 3. The second-order valence-electron chi connectivity index (χ2n) is 5.20. The number of halogens is 1. The molecule has 0 fully saturated rings. The quantitative estimate of drug-likeness (QED) is 0.662. The van der Waals surface area contributed by atoms with Crippen molar-refractivity contribution < 1.29 is 14.3 Å². The molecule has 0 aliphatic rings. The van der Waals surface area contributed by atoms with Crippen LogP contribution in [0.1, 0.15) is 17.3 Å². The lowest BCUT2D eigenvalue weighted by atomic mass is 10.2. The van der Waals surface area contributed by atoms with Gasteiger partial charge in [0.2, 0.25) is 0 Å². The van der Waals surface area contributed by atoms with E-state index in [2.05, 4.69) is 31.3 Å². The Labute approximate surface area is 159 Å². The van der Waals surface area contributed by atoms with Crippen molar-refractivity contribution in [2.45, 2.75) is 6.92 Å². The predicted octanol–water partition coefficient (Wildman–Crippen LogP) is 3.69. The van der Waals surface area contributed by atoms with Crippen molar-refractivity contribution in [2.24, 2.45) is 0 Å². The van der Waals surface area contributed by atoms with E-state index in [0.29, 0.717) is 39.6 Å². The van der Waals surface area contributed by atoms with E-state index in [1.807, 2.05) is 6.92 Å². The normalized spacial score (nSPS) is 10.4. The topological polar surface area (TPSA) is 78.3 Å². The number of anilines is 1. The number of carbonyl (C=O) groups excluding carboxylic acids is 1. The van der Waals surface area contributed by atoms with Gasteiger partial charge in [-0.15, -0.1) is 0 Å². The third-order valence-corrected chi connectivity index (χ3v) is 4.13. The highest BCUT2D eigenvalue weighted by molar-refractivity contribution is 9.10. The molecule has 0 spiro atoms. The standard InChI is InChI=1S/C18H17BrN4O3/c1-3-26-16-13(19)10-12(11-15(16)25-2)18(24)22-14-6-4-7-20-17(14)23-9-5-8-21-23/h4-11H,3H2,1-2H3,(H,22,24). The highest BCUT2D eigenvalue weighted by atomic mass is 79.9. The molecule has 8 heteroatoms. The smallest absolute Gasteiger partial charge is 0.255 e. The minimum atomic E-state index is -0.298. The molecule has 1 N–H and O–H groups in total. The Bertz CT molecular complexity index is 913. The van der Waals surface area contributed by atoms with E-state index < -0.39 is 0 Å². The summed E-state index contributed by atoms with van der Waals surface area (Å²) in [4.78, 5) is 17.0. The fourth-order valence-corrected chi connectivity index (χ4v) is 2.96. The summed E-state index contributed by atoms with van der Waals surface area (Å²) in [6, 6.07) is 8.62. The molecular formula is C18H17BrN4O3. The lowest BCUT2D eigenvalue weighted by Gasteiger charge is -2.14. The molecule has 7 nitrogen and oxygen atoms in total. The molecule has 0 saturated heterocycles. The molecule has 2 aromatic heterocycles. The van der Waals surface area contributed by atoms with Gasteiger partial charge in [-0.3, -0.25) is 4.79 Å². The average Bonchev–Trinajstić information content (AvgIpc) is 3.18. The van der Waals surface area contributed by atoms with E-state index in [4.69, 9.17) is 9.47 Å². The summed E-state index contributed by atoms with van der Waals surface area (Å²) in [6.07, 6.45) is 5.05. The molecule has 0 aliphatic heterocycles. The van der Waals surface area contributed by atoms with Crippen molar-refractivity contribution in [3.8, 4) is 17.3 Å². The second kappa shape index (κ2) is 8.01. The summed E-state index contributed by atoms with van der Waals surface area (Å²) in [7, 11) is 1.53. The molecule has 3 rings (SSSR count). The van der Waals surface area contributed by atoms with Crippen LogP contribution in [0.3, 0.4) is 0 Å². The second-order valence-corrected chi connectivity index (χ2v) is 6.06. The van der Waals surface area contributed by atoms with Crippen molar-refractivity contribution in [1.29, 1.82) is 0 Å². The molecule has 26 heavy (non-hydrogen) atoms. The molecule has 2 heterocycles. The summed E-state index contributed by atoms with van der Waals surface area (Å²) in [5, 5.41) is 7.03. The molecule has 1 aromatic carbocycles. The lowest BCUT2D eigenvalue weighted by molar-refractivity contribution is 0.102. The Kier molecular flexibility index (Phi) is 5.52. The maximum absolute atomic E-state index is 12.7. The van der Waals surface area contributed by atoms with Crippen LogP contribution in [-0.2, 0) is 0 Å². The number of amides is 1. The Morgan fingerprint density at radius 3 is 2.85 bits per heavy atom. The third-order valence-electron chi connectivity index (χ3n) is 3.54. The van der Waals surface area contributed by atoms with E-state index >= 15 is 0 Å². The first-order chi connectivity index (χ1) is 12.6. The number of hydrogen-bond donors (Lipinski definition) is 1. The van der Waals surface area contributed by atoms with Crippen molar-refractivity contribution >= 4 is 27.5 Å². The van der Waals surface area contributed by atoms with E-state index in [0.717, 1.165) is 0 Å². The maximum Gasteiger partial charge on any atom is 0.255 e. The van der Waals surface area contributed by atoms with E-state index in [-0.39, 0.29) is 5.91 Å². The van der Waals surface area contributed by atoms with Crippen molar-refractivity contribution in [3.63, 3.8) is 0 Å². The Hall–Kier alpha value is -2.87. The molecule has 0 aliphatic carbocycles. The summed E-state index contributed by atoms with van der Waals surface area (Å²) in [6.45, 7) is 2.37. The molecule has 3 aromatic rings. The largest absolute Gasteiger partial charge is 0.493 e. The first-order valence-electron chi connectivity index (χ1n) is 7.90. The molecule has 0 atom stereocenters. The van der Waals surface area contributed by atoms with Gasteiger partial charge in [-0.2, -0.15) is 5.10 Å².